The quantitative estimate of drug-likeness (QED) is 0.870. The van der Waals surface area contributed by atoms with Gasteiger partial charge in [-0.3, -0.25) is 4.79 Å². The molecule has 6 nitrogen and oxygen atoms in total. The minimum Gasteiger partial charge on any atom is -0.465 e. The largest absolute Gasteiger partial charge is 0.465 e. The van der Waals surface area contributed by atoms with E-state index in [1.807, 2.05) is 0 Å². The van der Waals surface area contributed by atoms with Crippen LogP contribution in [0.3, 0.4) is 0 Å². The molecule has 0 saturated heterocycles. The highest BCUT2D eigenvalue weighted by Crippen LogP contribution is 2.21. The molecule has 0 saturated carbocycles. The van der Waals surface area contributed by atoms with Crippen molar-refractivity contribution in [2.75, 3.05) is 7.11 Å². The third kappa shape index (κ3) is 3.41. The summed E-state index contributed by atoms with van der Waals surface area (Å²) in [6.45, 7) is -2.91. The molecule has 0 amide bonds. The monoisotopic (exact) mass is 296 g/mol. The first kappa shape index (κ1) is 14.6. The number of H-pyrrole nitrogens is 1. The highest BCUT2D eigenvalue weighted by molar-refractivity contribution is 5.89. The van der Waals surface area contributed by atoms with Gasteiger partial charge in [-0.05, 0) is 30.3 Å². The molecule has 8 heteroatoms. The standard InChI is InChI=1S/C13H10F2N2O4/c1-20-12(19)9-6-10(16-17-11(9)18)7-2-4-8(5-3-7)21-13(14)15/h2-6,13H,1H3,(H,17,18). The summed E-state index contributed by atoms with van der Waals surface area (Å²) in [7, 11) is 1.15. The van der Waals surface area contributed by atoms with E-state index in [4.69, 9.17) is 0 Å². The number of rotatable bonds is 4. The molecule has 0 aliphatic heterocycles. The van der Waals surface area contributed by atoms with E-state index in [9.17, 15) is 18.4 Å². The Morgan fingerprint density at radius 3 is 2.52 bits per heavy atom. The zero-order chi connectivity index (χ0) is 15.4. The maximum Gasteiger partial charge on any atom is 0.387 e. The van der Waals surface area contributed by atoms with Crippen LogP contribution in [0.1, 0.15) is 10.4 Å². The number of alkyl halides is 2. The van der Waals surface area contributed by atoms with Gasteiger partial charge in [-0.25, -0.2) is 9.89 Å². The smallest absolute Gasteiger partial charge is 0.387 e. The summed E-state index contributed by atoms with van der Waals surface area (Å²) in [5.74, 6) is -0.802. The number of aromatic nitrogens is 2. The third-order valence-electron chi connectivity index (χ3n) is 2.58. The fourth-order valence-electron chi connectivity index (χ4n) is 1.62. The molecular weight excluding hydrogens is 286 g/mol. The van der Waals surface area contributed by atoms with Gasteiger partial charge in [0.2, 0.25) is 0 Å². The minimum atomic E-state index is -2.91. The average Bonchev–Trinajstić information content (AvgIpc) is 2.47. The number of aromatic amines is 1. The van der Waals surface area contributed by atoms with Crippen molar-refractivity contribution in [1.82, 2.24) is 10.2 Å². The van der Waals surface area contributed by atoms with Crippen molar-refractivity contribution in [2.45, 2.75) is 6.61 Å². The van der Waals surface area contributed by atoms with Crippen LogP contribution in [0.2, 0.25) is 0 Å². The van der Waals surface area contributed by atoms with E-state index < -0.39 is 18.1 Å². The molecule has 0 atom stereocenters. The summed E-state index contributed by atoms with van der Waals surface area (Å²) in [4.78, 5) is 22.9. The van der Waals surface area contributed by atoms with Crippen LogP contribution >= 0.6 is 0 Å². The van der Waals surface area contributed by atoms with Gasteiger partial charge in [0.15, 0.2) is 0 Å². The molecule has 1 aromatic heterocycles. The van der Waals surface area contributed by atoms with Gasteiger partial charge in [0, 0.05) is 5.56 Å². The molecule has 1 N–H and O–H groups in total. The molecule has 0 fully saturated rings. The van der Waals surface area contributed by atoms with Gasteiger partial charge in [-0.15, -0.1) is 0 Å². The first-order valence-corrected chi connectivity index (χ1v) is 5.74. The van der Waals surface area contributed by atoms with Crippen LogP contribution in [0.25, 0.3) is 11.3 Å². The Morgan fingerprint density at radius 1 is 1.29 bits per heavy atom. The molecule has 110 valence electrons. The van der Waals surface area contributed by atoms with Crippen molar-refractivity contribution in [1.29, 1.82) is 0 Å². The molecule has 0 unspecified atom stereocenters. The Labute approximate surface area is 117 Å². The molecular formula is C13H10F2N2O4. The Balaban J connectivity index is 2.34. The lowest BCUT2D eigenvalue weighted by Crippen LogP contribution is -2.20. The lowest BCUT2D eigenvalue weighted by molar-refractivity contribution is -0.0498. The van der Waals surface area contributed by atoms with E-state index in [0.29, 0.717) is 11.3 Å². The number of esters is 1. The summed E-state index contributed by atoms with van der Waals surface area (Å²) in [6, 6.07) is 6.85. The maximum absolute atomic E-state index is 12.0. The zero-order valence-corrected chi connectivity index (χ0v) is 10.8. The van der Waals surface area contributed by atoms with Crippen molar-refractivity contribution in [3.8, 4) is 17.0 Å². The maximum atomic E-state index is 12.0. The minimum absolute atomic E-state index is 0.00799. The summed E-state index contributed by atoms with van der Waals surface area (Å²) >= 11 is 0. The van der Waals surface area contributed by atoms with Gasteiger partial charge in [0.25, 0.3) is 5.56 Å². The van der Waals surface area contributed by atoms with Crippen molar-refractivity contribution in [3.63, 3.8) is 0 Å². The number of carbonyl (C=O) groups excluding carboxylic acids is 1. The van der Waals surface area contributed by atoms with E-state index in [1.54, 1.807) is 0 Å². The van der Waals surface area contributed by atoms with Crippen molar-refractivity contribution < 1.29 is 23.0 Å². The molecule has 21 heavy (non-hydrogen) atoms. The number of ether oxygens (including phenoxy) is 2. The number of halogens is 2. The first-order chi connectivity index (χ1) is 10.0. The summed E-state index contributed by atoms with van der Waals surface area (Å²) in [5.41, 5.74) is -0.0738. The normalized spacial score (nSPS) is 10.5. The second-order valence-corrected chi connectivity index (χ2v) is 3.89. The lowest BCUT2D eigenvalue weighted by atomic mass is 10.1. The van der Waals surface area contributed by atoms with Crippen molar-refractivity contribution in [2.24, 2.45) is 0 Å². The molecule has 0 aliphatic rings. The topological polar surface area (TPSA) is 81.3 Å². The van der Waals surface area contributed by atoms with Gasteiger partial charge < -0.3 is 9.47 Å². The molecule has 0 aliphatic carbocycles. The Hall–Kier alpha value is -2.77. The zero-order valence-electron chi connectivity index (χ0n) is 10.8. The highest BCUT2D eigenvalue weighted by Gasteiger charge is 2.13. The molecule has 1 heterocycles. The van der Waals surface area contributed by atoms with Crippen molar-refractivity contribution in [3.05, 3.63) is 46.2 Å². The van der Waals surface area contributed by atoms with Gasteiger partial charge in [0.1, 0.15) is 11.3 Å². The van der Waals surface area contributed by atoms with Crippen LogP contribution in [0.5, 0.6) is 5.75 Å². The van der Waals surface area contributed by atoms with Crippen LogP contribution in [0.15, 0.2) is 35.1 Å². The second kappa shape index (κ2) is 6.12. The third-order valence-corrected chi connectivity index (χ3v) is 2.58. The predicted octanol–water partition coefficient (Wildman–Crippen LogP) is 1.82. The Kier molecular flexibility index (Phi) is 4.27. The van der Waals surface area contributed by atoms with Crippen LogP contribution in [-0.2, 0) is 4.74 Å². The Bertz CT molecular complexity index is 698. The van der Waals surface area contributed by atoms with Gasteiger partial charge in [0.05, 0.1) is 12.8 Å². The second-order valence-electron chi connectivity index (χ2n) is 3.89. The average molecular weight is 296 g/mol. The number of methoxy groups -OCH3 is 1. The predicted molar refractivity (Wildman–Crippen MR) is 68.3 cm³/mol. The fourth-order valence-corrected chi connectivity index (χ4v) is 1.62. The first-order valence-electron chi connectivity index (χ1n) is 5.74. The van der Waals surface area contributed by atoms with Crippen LogP contribution in [0.4, 0.5) is 8.78 Å². The highest BCUT2D eigenvalue weighted by atomic mass is 19.3. The van der Waals surface area contributed by atoms with Gasteiger partial charge in [-0.1, -0.05) is 0 Å². The Morgan fingerprint density at radius 2 is 1.95 bits per heavy atom. The SMILES string of the molecule is COC(=O)c1cc(-c2ccc(OC(F)F)cc2)n[nH]c1=O. The van der Waals surface area contributed by atoms with Gasteiger partial charge in [-0.2, -0.15) is 13.9 Å². The number of hydrogen-bond donors (Lipinski definition) is 1. The molecule has 0 radical (unpaired) electrons. The number of hydrogen-bond acceptors (Lipinski definition) is 5. The van der Waals surface area contributed by atoms with Crippen LogP contribution in [-0.4, -0.2) is 29.9 Å². The summed E-state index contributed by atoms with van der Waals surface area (Å²) in [5, 5.41) is 5.95. The van der Waals surface area contributed by atoms with Crippen LogP contribution < -0.4 is 10.3 Å². The molecule has 0 bridgehead atoms. The number of nitrogens with zero attached hydrogens (tertiary/aromatic N) is 1. The summed E-state index contributed by atoms with van der Waals surface area (Å²) < 4.78 is 32.8. The van der Waals surface area contributed by atoms with Crippen LogP contribution in [0, 0.1) is 0 Å². The van der Waals surface area contributed by atoms with Crippen molar-refractivity contribution >= 4 is 5.97 Å². The molecule has 1 aromatic carbocycles. The van der Waals surface area contributed by atoms with E-state index >= 15 is 0 Å². The van der Waals surface area contributed by atoms with E-state index in [2.05, 4.69) is 19.7 Å². The molecule has 2 aromatic rings. The molecule has 0 spiro atoms. The fraction of sp³-hybridized carbons (Fsp3) is 0.154. The lowest BCUT2D eigenvalue weighted by Gasteiger charge is -2.06. The van der Waals surface area contributed by atoms with E-state index in [1.165, 1.54) is 30.3 Å². The summed E-state index contributed by atoms with van der Waals surface area (Å²) in [6.07, 6.45) is 0. The van der Waals surface area contributed by atoms with Gasteiger partial charge >= 0.3 is 12.6 Å². The number of carbonyl (C=O) groups is 1. The number of benzene rings is 1. The number of nitrogens with one attached hydrogen (secondary N) is 1. The van der Waals surface area contributed by atoms with E-state index in [0.717, 1.165) is 7.11 Å². The van der Waals surface area contributed by atoms with E-state index in [-0.39, 0.29) is 11.3 Å². The molecule has 2 rings (SSSR count).